The topological polar surface area (TPSA) is 17.0 Å². The normalized spacial score (nSPS) is 11.1. The molecular formula is C12H15ClN2. The van der Waals surface area contributed by atoms with Gasteiger partial charge in [-0.05, 0) is 31.6 Å². The lowest BCUT2D eigenvalue weighted by Crippen LogP contribution is -2.10. The van der Waals surface area contributed by atoms with Crippen LogP contribution in [0.4, 0.5) is 0 Å². The molecule has 0 unspecified atom stereocenters. The maximum Gasteiger partial charge on any atom is 0.0661 e. The van der Waals surface area contributed by atoms with Crippen LogP contribution in [0.1, 0.15) is 5.56 Å². The molecule has 2 aromatic rings. The Morgan fingerprint density at radius 1 is 1.40 bits per heavy atom. The number of likely N-dealkylation sites (N-methyl/N-ethyl adjacent to an activating group) is 1. The molecule has 1 aromatic heterocycles. The smallest absolute Gasteiger partial charge is 0.0661 e. The molecule has 15 heavy (non-hydrogen) atoms. The summed E-state index contributed by atoms with van der Waals surface area (Å²) in [6, 6.07) is 6.45. The number of aryl methyl sites for hydroxylation is 1. The van der Waals surface area contributed by atoms with Gasteiger partial charge in [-0.3, -0.25) is 0 Å². The Balaban J connectivity index is 2.41. The molecule has 0 aliphatic carbocycles. The van der Waals surface area contributed by atoms with E-state index in [9.17, 15) is 0 Å². The molecule has 0 aliphatic rings. The van der Waals surface area contributed by atoms with Gasteiger partial charge in [-0.1, -0.05) is 23.7 Å². The van der Waals surface area contributed by atoms with Crippen LogP contribution >= 0.6 is 11.6 Å². The highest BCUT2D eigenvalue weighted by Gasteiger charge is 2.04. The summed E-state index contributed by atoms with van der Waals surface area (Å²) in [7, 11) is 3.99. The molecule has 0 saturated heterocycles. The molecule has 0 spiro atoms. The van der Waals surface area contributed by atoms with E-state index in [2.05, 4.69) is 28.1 Å². The van der Waals surface area contributed by atoms with Crippen molar-refractivity contribution >= 4 is 22.5 Å². The van der Waals surface area contributed by atoms with Gasteiger partial charge < -0.3 is 9.88 Å². The molecule has 1 N–H and O–H groups in total. The van der Waals surface area contributed by atoms with Gasteiger partial charge in [0, 0.05) is 24.1 Å². The molecule has 1 heterocycles. The maximum absolute atomic E-state index is 6.10. The third-order valence-electron chi connectivity index (χ3n) is 2.67. The van der Waals surface area contributed by atoms with Crippen molar-refractivity contribution in [2.75, 3.05) is 13.6 Å². The summed E-state index contributed by atoms with van der Waals surface area (Å²) < 4.78 is 2.07. The van der Waals surface area contributed by atoms with Crippen molar-refractivity contribution in [3.63, 3.8) is 0 Å². The number of nitrogens with one attached hydrogen (secondary N) is 1. The second-order valence-corrected chi connectivity index (χ2v) is 4.20. The number of hydrogen-bond acceptors (Lipinski definition) is 1. The number of nitrogens with zero attached hydrogens (tertiary/aromatic N) is 1. The number of benzene rings is 1. The van der Waals surface area contributed by atoms with Crippen LogP contribution in [0.3, 0.4) is 0 Å². The van der Waals surface area contributed by atoms with E-state index >= 15 is 0 Å². The largest absolute Gasteiger partial charge is 0.349 e. The lowest BCUT2D eigenvalue weighted by Gasteiger charge is -2.02. The summed E-state index contributed by atoms with van der Waals surface area (Å²) in [4.78, 5) is 0. The monoisotopic (exact) mass is 222 g/mol. The van der Waals surface area contributed by atoms with E-state index < -0.39 is 0 Å². The highest BCUT2D eigenvalue weighted by Crippen LogP contribution is 2.25. The first-order valence-corrected chi connectivity index (χ1v) is 5.48. The fourth-order valence-electron chi connectivity index (χ4n) is 1.80. The number of halogens is 1. The van der Waals surface area contributed by atoms with Crippen molar-refractivity contribution in [3.05, 3.63) is 35.0 Å². The first-order chi connectivity index (χ1) is 7.22. The quantitative estimate of drug-likeness (QED) is 0.845. The Hall–Kier alpha value is -0.990. The highest BCUT2D eigenvalue weighted by atomic mass is 35.5. The molecule has 2 rings (SSSR count). The minimum Gasteiger partial charge on any atom is -0.349 e. The first kappa shape index (κ1) is 10.5. The number of aromatic nitrogens is 1. The van der Waals surface area contributed by atoms with E-state index in [0.29, 0.717) is 0 Å². The Bertz CT molecular complexity index is 474. The van der Waals surface area contributed by atoms with Crippen molar-refractivity contribution < 1.29 is 0 Å². The average Bonchev–Trinajstić information content (AvgIpc) is 2.52. The predicted molar refractivity (Wildman–Crippen MR) is 65.6 cm³/mol. The summed E-state index contributed by atoms with van der Waals surface area (Å²) in [5.41, 5.74) is 2.54. The molecule has 0 aliphatic heterocycles. The van der Waals surface area contributed by atoms with Gasteiger partial charge in [0.2, 0.25) is 0 Å². The standard InChI is InChI=1S/C12H15ClN2/c1-14-6-5-9-3-4-10-11(13)8-15(2)12(10)7-9/h3-4,7-8,14H,5-6H2,1-2H3. The van der Waals surface area contributed by atoms with Gasteiger partial charge in [-0.2, -0.15) is 0 Å². The minimum absolute atomic E-state index is 0.827. The summed E-state index contributed by atoms with van der Waals surface area (Å²) >= 11 is 6.10. The van der Waals surface area contributed by atoms with Gasteiger partial charge in [0.25, 0.3) is 0 Å². The van der Waals surface area contributed by atoms with Crippen molar-refractivity contribution in [3.8, 4) is 0 Å². The van der Waals surface area contributed by atoms with Gasteiger partial charge in [-0.15, -0.1) is 0 Å². The van der Waals surface area contributed by atoms with Crippen LogP contribution in [-0.2, 0) is 13.5 Å². The Labute approximate surface area is 94.8 Å². The van der Waals surface area contributed by atoms with Crippen LogP contribution in [-0.4, -0.2) is 18.2 Å². The van der Waals surface area contributed by atoms with Crippen LogP contribution in [0.2, 0.25) is 5.02 Å². The summed E-state index contributed by atoms with van der Waals surface area (Å²) in [5.74, 6) is 0. The highest BCUT2D eigenvalue weighted by molar-refractivity contribution is 6.35. The first-order valence-electron chi connectivity index (χ1n) is 5.10. The van der Waals surface area contributed by atoms with E-state index in [1.807, 2.05) is 20.3 Å². The second kappa shape index (κ2) is 4.25. The van der Waals surface area contributed by atoms with Gasteiger partial charge in [-0.25, -0.2) is 0 Å². The molecule has 0 bridgehead atoms. The molecule has 0 amide bonds. The third-order valence-corrected chi connectivity index (χ3v) is 2.97. The van der Waals surface area contributed by atoms with Crippen LogP contribution in [0.25, 0.3) is 10.9 Å². The van der Waals surface area contributed by atoms with Crippen LogP contribution in [0, 0.1) is 0 Å². The Morgan fingerprint density at radius 3 is 2.93 bits per heavy atom. The lowest BCUT2D eigenvalue weighted by molar-refractivity contribution is 0.792. The molecule has 0 radical (unpaired) electrons. The molecule has 0 fully saturated rings. The van der Waals surface area contributed by atoms with Crippen LogP contribution < -0.4 is 5.32 Å². The predicted octanol–water partition coefficient (Wildman–Crippen LogP) is 2.59. The van der Waals surface area contributed by atoms with Crippen molar-refractivity contribution in [2.24, 2.45) is 7.05 Å². The van der Waals surface area contributed by atoms with E-state index in [1.54, 1.807) is 0 Å². The van der Waals surface area contributed by atoms with Gasteiger partial charge in [0.1, 0.15) is 0 Å². The molecule has 0 atom stereocenters. The Kier molecular flexibility index (Phi) is 2.98. The number of fused-ring (bicyclic) bond motifs is 1. The molecular weight excluding hydrogens is 208 g/mol. The van der Waals surface area contributed by atoms with Crippen LogP contribution in [0.15, 0.2) is 24.4 Å². The second-order valence-electron chi connectivity index (χ2n) is 3.79. The fourth-order valence-corrected chi connectivity index (χ4v) is 2.11. The molecule has 0 saturated carbocycles. The SMILES string of the molecule is CNCCc1ccc2c(Cl)cn(C)c2c1. The zero-order valence-corrected chi connectivity index (χ0v) is 9.80. The minimum atomic E-state index is 0.827. The van der Waals surface area contributed by atoms with Crippen molar-refractivity contribution in [2.45, 2.75) is 6.42 Å². The fraction of sp³-hybridized carbons (Fsp3) is 0.333. The third kappa shape index (κ3) is 2.01. The Morgan fingerprint density at radius 2 is 2.20 bits per heavy atom. The van der Waals surface area contributed by atoms with Crippen molar-refractivity contribution in [1.29, 1.82) is 0 Å². The van der Waals surface area contributed by atoms with E-state index in [1.165, 1.54) is 11.1 Å². The zero-order valence-electron chi connectivity index (χ0n) is 9.05. The van der Waals surface area contributed by atoms with Gasteiger partial charge in [0.15, 0.2) is 0 Å². The number of rotatable bonds is 3. The molecule has 3 heteroatoms. The zero-order chi connectivity index (χ0) is 10.8. The van der Waals surface area contributed by atoms with Gasteiger partial charge in [0.05, 0.1) is 5.02 Å². The van der Waals surface area contributed by atoms with E-state index in [0.717, 1.165) is 23.4 Å². The summed E-state index contributed by atoms with van der Waals surface area (Å²) in [6.45, 7) is 1.00. The molecule has 2 nitrogen and oxygen atoms in total. The summed E-state index contributed by atoms with van der Waals surface area (Å²) in [5, 5.41) is 5.11. The van der Waals surface area contributed by atoms with Gasteiger partial charge >= 0.3 is 0 Å². The number of hydrogen-bond donors (Lipinski definition) is 1. The molecule has 80 valence electrons. The van der Waals surface area contributed by atoms with Crippen LogP contribution in [0.5, 0.6) is 0 Å². The van der Waals surface area contributed by atoms with Crippen molar-refractivity contribution in [1.82, 2.24) is 9.88 Å². The molecule has 1 aromatic carbocycles. The van der Waals surface area contributed by atoms with E-state index in [-0.39, 0.29) is 0 Å². The lowest BCUT2D eigenvalue weighted by atomic mass is 10.1. The summed E-state index contributed by atoms with van der Waals surface area (Å²) in [6.07, 6.45) is 3.00. The maximum atomic E-state index is 6.10. The average molecular weight is 223 g/mol. The van der Waals surface area contributed by atoms with E-state index in [4.69, 9.17) is 11.6 Å².